The Hall–Kier alpha value is -2.37. The number of aromatic nitrogens is 1. The fourth-order valence-corrected chi connectivity index (χ4v) is 2.03. The number of hydrogen-bond donors (Lipinski definition) is 1. The first kappa shape index (κ1) is 15.0. The maximum absolute atomic E-state index is 13.9. The van der Waals surface area contributed by atoms with E-state index < -0.39 is 11.8 Å². The van der Waals surface area contributed by atoms with Crippen LogP contribution in [0.15, 0.2) is 22.7 Å². The molecule has 2 rings (SSSR count). The van der Waals surface area contributed by atoms with Gasteiger partial charge in [-0.15, -0.1) is 0 Å². The van der Waals surface area contributed by atoms with Gasteiger partial charge in [0.1, 0.15) is 11.6 Å². The summed E-state index contributed by atoms with van der Waals surface area (Å²) in [6, 6.07) is 4.17. The SMILES string of the molecule is CCc1noc(C)c1CNc1ccc(C(=O)OC)cc1F. The molecule has 0 unspecified atom stereocenters. The Kier molecular flexibility index (Phi) is 4.57. The second-order valence-electron chi connectivity index (χ2n) is 4.56. The number of methoxy groups -OCH3 is 1. The number of aryl methyl sites for hydroxylation is 2. The predicted octanol–water partition coefficient (Wildman–Crippen LogP) is 3.08. The van der Waals surface area contributed by atoms with Gasteiger partial charge in [0.25, 0.3) is 0 Å². The molecule has 0 spiro atoms. The van der Waals surface area contributed by atoms with Crippen LogP contribution >= 0.6 is 0 Å². The van der Waals surface area contributed by atoms with Gasteiger partial charge in [0.15, 0.2) is 0 Å². The normalized spacial score (nSPS) is 10.5. The topological polar surface area (TPSA) is 64.4 Å². The molecule has 2 aromatic rings. The van der Waals surface area contributed by atoms with E-state index in [0.717, 1.165) is 23.7 Å². The summed E-state index contributed by atoms with van der Waals surface area (Å²) < 4.78 is 23.6. The molecular weight excluding hydrogens is 275 g/mol. The fraction of sp³-hybridized carbons (Fsp3) is 0.333. The van der Waals surface area contributed by atoms with E-state index in [0.29, 0.717) is 18.0 Å². The third kappa shape index (κ3) is 3.21. The maximum atomic E-state index is 13.9. The number of carbonyl (C=O) groups excluding carboxylic acids is 1. The van der Waals surface area contributed by atoms with Crippen LogP contribution in [0.2, 0.25) is 0 Å². The van der Waals surface area contributed by atoms with Crippen LogP contribution in [-0.4, -0.2) is 18.2 Å². The molecule has 1 aromatic carbocycles. The van der Waals surface area contributed by atoms with E-state index in [9.17, 15) is 9.18 Å². The van der Waals surface area contributed by atoms with Crippen molar-refractivity contribution in [2.24, 2.45) is 0 Å². The first-order valence-corrected chi connectivity index (χ1v) is 6.62. The molecule has 6 heteroatoms. The summed E-state index contributed by atoms with van der Waals surface area (Å²) in [6.07, 6.45) is 0.748. The zero-order valence-corrected chi connectivity index (χ0v) is 12.2. The lowest BCUT2D eigenvalue weighted by atomic mass is 10.1. The van der Waals surface area contributed by atoms with Crippen LogP contribution in [0.1, 0.15) is 34.3 Å². The van der Waals surface area contributed by atoms with Gasteiger partial charge in [-0.2, -0.15) is 0 Å². The number of ether oxygens (including phenoxy) is 1. The Morgan fingerprint density at radius 2 is 2.24 bits per heavy atom. The first-order valence-electron chi connectivity index (χ1n) is 6.62. The summed E-state index contributed by atoms with van der Waals surface area (Å²) in [7, 11) is 1.26. The summed E-state index contributed by atoms with van der Waals surface area (Å²) in [5.41, 5.74) is 2.27. The van der Waals surface area contributed by atoms with Crippen molar-refractivity contribution in [3.05, 3.63) is 46.6 Å². The van der Waals surface area contributed by atoms with Crippen molar-refractivity contribution in [1.29, 1.82) is 0 Å². The largest absolute Gasteiger partial charge is 0.465 e. The quantitative estimate of drug-likeness (QED) is 0.858. The number of rotatable bonds is 5. The molecule has 0 bridgehead atoms. The van der Waals surface area contributed by atoms with E-state index in [2.05, 4.69) is 15.2 Å². The molecule has 21 heavy (non-hydrogen) atoms. The van der Waals surface area contributed by atoms with Crippen molar-refractivity contribution >= 4 is 11.7 Å². The van der Waals surface area contributed by atoms with E-state index in [1.54, 1.807) is 0 Å². The summed E-state index contributed by atoms with van der Waals surface area (Å²) in [6.45, 7) is 4.21. The van der Waals surface area contributed by atoms with Gasteiger partial charge < -0.3 is 14.6 Å². The highest BCUT2D eigenvalue weighted by Crippen LogP contribution is 2.20. The van der Waals surface area contributed by atoms with Crippen LogP contribution in [0, 0.1) is 12.7 Å². The third-order valence-corrected chi connectivity index (χ3v) is 3.25. The molecule has 0 aliphatic heterocycles. The molecule has 0 saturated heterocycles. The van der Waals surface area contributed by atoms with Gasteiger partial charge in [0.05, 0.1) is 24.1 Å². The lowest BCUT2D eigenvalue weighted by Gasteiger charge is -2.08. The van der Waals surface area contributed by atoms with Gasteiger partial charge in [-0.05, 0) is 31.5 Å². The zero-order chi connectivity index (χ0) is 15.4. The highest BCUT2D eigenvalue weighted by molar-refractivity contribution is 5.89. The Morgan fingerprint density at radius 3 is 2.86 bits per heavy atom. The highest BCUT2D eigenvalue weighted by Gasteiger charge is 2.13. The van der Waals surface area contributed by atoms with Gasteiger partial charge in [0, 0.05) is 12.1 Å². The van der Waals surface area contributed by atoms with Gasteiger partial charge in [-0.1, -0.05) is 12.1 Å². The van der Waals surface area contributed by atoms with Gasteiger partial charge in [-0.3, -0.25) is 0 Å². The standard InChI is InChI=1S/C15H17FN2O3/c1-4-13-11(9(2)21-18-13)8-17-14-6-5-10(7-12(14)16)15(19)20-3/h5-7,17H,4,8H2,1-3H3. The van der Waals surface area contributed by atoms with Crippen molar-refractivity contribution in [3.63, 3.8) is 0 Å². The van der Waals surface area contributed by atoms with Crippen LogP contribution < -0.4 is 5.32 Å². The summed E-state index contributed by atoms with van der Waals surface area (Å²) in [4.78, 5) is 11.3. The Morgan fingerprint density at radius 1 is 1.48 bits per heavy atom. The van der Waals surface area contributed by atoms with E-state index in [1.165, 1.54) is 19.2 Å². The molecule has 0 amide bonds. The van der Waals surface area contributed by atoms with Gasteiger partial charge in [-0.25, -0.2) is 9.18 Å². The first-order chi connectivity index (χ1) is 10.1. The monoisotopic (exact) mass is 292 g/mol. The molecule has 5 nitrogen and oxygen atoms in total. The molecule has 0 saturated carbocycles. The van der Waals surface area contributed by atoms with Crippen molar-refractivity contribution in [3.8, 4) is 0 Å². The van der Waals surface area contributed by atoms with Crippen LogP contribution in [0.25, 0.3) is 0 Å². The summed E-state index contributed by atoms with van der Waals surface area (Å²) >= 11 is 0. The van der Waals surface area contributed by atoms with Crippen LogP contribution in [-0.2, 0) is 17.7 Å². The van der Waals surface area contributed by atoms with Crippen molar-refractivity contribution in [2.45, 2.75) is 26.8 Å². The predicted molar refractivity (Wildman–Crippen MR) is 75.7 cm³/mol. The Balaban J connectivity index is 2.13. The number of carbonyl (C=O) groups is 1. The number of esters is 1. The van der Waals surface area contributed by atoms with E-state index >= 15 is 0 Å². The smallest absolute Gasteiger partial charge is 0.337 e. The van der Waals surface area contributed by atoms with Crippen molar-refractivity contribution in [2.75, 3.05) is 12.4 Å². The van der Waals surface area contributed by atoms with Crippen LogP contribution in [0.4, 0.5) is 10.1 Å². The van der Waals surface area contributed by atoms with E-state index in [1.807, 2.05) is 13.8 Å². The fourth-order valence-electron chi connectivity index (χ4n) is 2.03. The molecule has 0 radical (unpaired) electrons. The van der Waals surface area contributed by atoms with Crippen LogP contribution in [0.5, 0.6) is 0 Å². The lowest BCUT2D eigenvalue weighted by molar-refractivity contribution is 0.0600. The molecule has 112 valence electrons. The Labute approximate surface area is 122 Å². The third-order valence-electron chi connectivity index (χ3n) is 3.25. The van der Waals surface area contributed by atoms with Crippen LogP contribution in [0.3, 0.4) is 0 Å². The van der Waals surface area contributed by atoms with Gasteiger partial charge >= 0.3 is 5.97 Å². The minimum Gasteiger partial charge on any atom is -0.465 e. The minimum atomic E-state index is -0.566. The van der Waals surface area contributed by atoms with Gasteiger partial charge in [0.2, 0.25) is 0 Å². The second-order valence-corrected chi connectivity index (χ2v) is 4.56. The number of anilines is 1. The number of benzene rings is 1. The maximum Gasteiger partial charge on any atom is 0.337 e. The van der Waals surface area contributed by atoms with E-state index in [-0.39, 0.29) is 5.56 Å². The molecule has 1 heterocycles. The lowest BCUT2D eigenvalue weighted by Crippen LogP contribution is -2.06. The zero-order valence-electron chi connectivity index (χ0n) is 12.2. The second kappa shape index (κ2) is 6.39. The number of hydrogen-bond acceptors (Lipinski definition) is 5. The average molecular weight is 292 g/mol. The van der Waals surface area contributed by atoms with Crippen molar-refractivity contribution in [1.82, 2.24) is 5.16 Å². The number of nitrogens with zero attached hydrogens (tertiary/aromatic N) is 1. The average Bonchev–Trinajstić information content (AvgIpc) is 2.85. The molecule has 0 atom stereocenters. The number of nitrogens with one attached hydrogen (secondary N) is 1. The molecule has 0 fully saturated rings. The van der Waals surface area contributed by atoms with Crippen molar-refractivity contribution < 1.29 is 18.4 Å². The summed E-state index contributed by atoms with van der Waals surface area (Å²) in [5, 5.41) is 6.94. The highest BCUT2D eigenvalue weighted by atomic mass is 19.1. The molecular formula is C15H17FN2O3. The summed E-state index contributed by atoms with van der Waals surface area (Å²) in [5.74, 6) is -0.361. The van der Waals surface area contributed by atoms with E-state index in [4.69, 9.17) is 4.52 Å². The molecule has 1 aromatic heterocycles. The Bertz CT molecular complexity index is 652. The minimum absolute atomic E-state index is 0.177. The molecule has 1 N–H and O–H groups in total. The number of halogens is 1. The molecule has 0 aliphatic carbocycles. The molecule has 0 aliphatic rings.